The molecule has 10 aromatic rings. The summed E-state index contributed by atoms with van der Waals surface area (Å²) in [5, 5.41) is 9.49. The van der Waals surface area contributed by atoms with Crippen LogP contribution in [0.25, 0.3) is 93.4 Å². The van der Waals surface area contributed by atoms with Gasteiger partial charge in [-0.25, -0.2) is 9.97 Å². The predicted octanol–water partition coefficient (Wildman–Crippen LogP) is 11.5. The molecule has 2 heterocycles. The topological polar surface area (TPSA) is 30.7 Å². The third-order valence-corrected chi connectivity index (χ3v) is 9.51. The molecule has 3 heteroatoms. The summed E-state index contributed by atoms with van der Waals surface area (Å²) in [6.07, 6.45) is 0. The van der Waals surface area contributed by atoms with E-state index >= 15 is 0 Å². The minimum Gasteiger partial charge on any atom is -0.292 e. The van der Waals surface area contributed by atoms with Crippen molar-refractivity contribution in [3.63, 3.8) is 0 Å². The van der Waals surface area contributed by atoms with Crippen LogP contribution in [-0.4, -0.2) is 14.5 Å². The standard InChI is InChI=1S/C44H27N3/c1-3-14-29(15-4-1)40-34-21-11-10-20-33(34)27-39-41(40)36-25-31-18-7-8-19-32(31)26-38(36)47(39)44-42(30-16-5-2-6-17-30)45-37-24-23-28-13-9-12-22-35(28)43(37)46-44/h1-27H. The zero-order valence-electron chi connectivity index (χ0n) is 25.4. The van der Waals surface area contributed by atoms with Crippen molar-refractivity contribution in [3.05, 3.63) is 164 Å². The second kappa shape index (κ2) is 10.1. The first kappa shape index (κ1) is 26.0. The van der Waals surface area contributed by atoms with E-state index in [1.165, 1.54) is 43.4 Å². The van der Waals surface area contributed by atoms with E-state index in [1.54, 1.807) is 0 Å². The zero-order valence-corrected chi connectivity index (χ0v) is 25.4. The number of rotatable bonds is 3. The molecule has 0 fully saturated rings. The lowest BCUT2D eigenvalue weighted by molar-refractivity contribution is 1.08. The highest BCUT2D eigenvalue weighted by Crippen LogP contribution is 2.45. The average Bonchev–Trinajstić information content (AvgIpc) is 3.45. The summed E-state index contributed by atoms with van der Waals surface area (Å²) >= 11 is 0. The van der Waals surface area contributed by atoms with E-state index in [9.17, 15) is 0 Å². The normalized spacial score (nSPS) is 11.8. The summed E-state index contributed by atoms with van der Waals surface area (Å²) in [4.78, 5) is 11.0. The zero-order chi connectivity index (χ0) is 30.9. The van der Waals surface area contributed by atoms with E-state index in [0.717, 1.165) is 49.9 Å². The quantitative estimate of drug-likeness (QED) is 0.190. The molecule has 0 N–H and O–H groups in total. The number of hydrogen-bond donors (Lipinski definition) is 0. The lowest BCUT2D eigenvalue weighted by Gasteiger charge is -2.16. The highest BCUT2D eigenvalue weighted by atomic mass is 15.1. The Hall–Kier alpha value is -6.32. The first-order chi connectivity index (χ1) is 23.3. The van der Waals surface area contributed by atoms with Crippen LogP contribution in [0.2, 0.25) is 0 Å². The van der Waals surface area contributed by atoms with Gasteiger partial charge in [-0.3, -0.25) is 4.57 Å². The molecule has 0 bridgehead atoms. The van der Waals surface area contributed by atoms with Crippen molar-refractivity contribution >= 4 is 65.2 Å². The molecule has 0 saturated carbocycles. The summed E-state index contributed by atoms with van der Waals surface area (Å²) < 4.78 is 2.37. The monoisotopic (exact) mass is 597 g/mol. The fourth-order valence-electron chi connectivity index (χ4n) is 7.38. The molecule has 218 valence electrons. The number of fused-ring (bicyclic) bond motifs is 8. The molecule has 0 unspecified atom stereocenters. The van der Waals surface area contributed by atoms with Crippen molar-refractivity contribution in [2.45, 2.75) is 0 Å². The van der Waals surface area contributed by atoms with Gasteiger partial charge in [-0.2, -0.15) is 0 Å². The predicted molar refractivity (Wildman–Crippen MR) is 197 cm³/mol. The van der Waals surface area contributed by atoms with Crippen LogP contribution < -0.4 is 0 Å². The Labute approximate surface area is 271 Å². The first-order valence-electron chi connectivity index (χ1n) is 16.0. The van der Waals surface area contributed by atoms with Crippen LogP contribution in [-0.2, 0) is 0 Å². The van der Waals surface area contributed by atoms with E-state index in [4.69, 9.17) is 9.97 Å². The van der Waals surface area contributed by atoms with E-state index in [2.05, 4.69) is 168 Å². The minimum absolute atomic E-state index is 0.824. The van der Waals surface area contributed by atoms with E-state index in [0.29, 0.717) is 0 Å². The molecule has 8 aromatic carbocycles. The van der Waals surface area contributed by atoms with Crippen molar-refractivity contribution in [1.82, 2.24) is 14.5 Å². The summed E-state index contributed by atoms with van der Waals surface area (Å²) in [5.41, 5.74) is 8.32. The van der Waals surface area contributed by atoms with Gasteiger partial charge in [0, 0.05) is 21.7 Å². The molecule has 2 aromatic heterocycles. The van der Waals surface area contributed by atoms with Crippen LogP contribution in [0.15, 0.2) is 164 Å². The smallest absolute Gasteiger partial charge is 0.165 e. The van der Waals surface area contributed by atoms with Crippen molar-refractivity contribution in [1.29, 1.82) is 0 Å². The van der Waals surface area contributed by atoms with Crippen LogP contribution in [0.3, 0.4) is 0 Å². The van der Waals surface area contributed by atoms with Crippen molar-refractivity contribution in [2.75, 3.05) is 0 Å². The maximum atomic E-state index is 5.59. The maximum absolute atomic E-state index is 5.59. The largest absolute Gasteiger partial charge is 0.292 e. The third-order valence-electron chi connectivity index (χ3n) is 9.51. The number of nitrogens with zero attached hydrogens (tertiary/aromatic N) is 3. The van der Waals surface area contributed by atoms with Gasteiger partial charge in [0.25, 0.3) is 0 Å². The summed E-state index contributed by atoms with van der Waals surface area (Å²) in [6, 6.07) is 58.4. The highest BCUT2D eigenvalue weighted by molar-refractivity contribution is 6.24. The number of hydrogen-bond acceptors (Lipinski definition) is 2. The number of aromatic nitrogens is 3. The lowest BCUT2D eigenvalue weighted by atomic mass is 9.93. The second-order valence-electron chi connectivity index (χ2n) is 12.2. The molecule has 10 rings (SSSR count). The average molecular weight is 598 g/mol. The van der Waals surface area contributed by atoms with Gasteiger partial charge in [-0.05, 0) is 62.3 Å². The fourth-order valence-corrected chi connectivity index (χ4v) is 7.38. The lowest BCUT2D eigenvalue weighted by Crippen LogP contribution is -2.04. The second-order valence-corrected chi connectivity index (χ2v) is 12.2. The molecule has 0 saturated heterocycles. The molecule has 3 nitrogen and oxygen atoms in total. The minimum atomic E-state index is 0.824. The van der Waals surface area contributed by atoms with Gasteiger partial charge in [0.2, 0.25) is 0 Å². The molecular formula is C44H27N3. The van der Waals surface area contributed by atoms with Crippen molar-refractivity contribution in [2.24, 2.45) is 0 Å². The molecule has 0 atom stereocenters. The SMILES string of the molecule is c1ccc(-c2nc3ccc4ccccc4c3nc2-n2c3cc4ccccc4cc3c3c(-c4ccccc4)c4ccccc4cc32)cc1. The van der Waals surface area contributed by atoms with Crippen molar-refractivity contribution < 1.29 is 0 Å². The summed E-state index contributed by atoms with van der Waals surface area (Å²) in [7, 11) is 0. The Morgan fingerprint density at radius 1 is 0.404 bits per heavy atom. The fraction of sp³-hybridized carbons (Fsp3) is 0. The first-order valence-corrected chi connectivity index (χ1v) is 16.0. The Morgan fingerprint density at radius 3 is 1.77 bits per heavy atom. The Morgan fingerprint density at radius 2 is 1.00 bits per heavy atom. The van der Waals surface area contributed by atoms with Gasteiger partial charge >= 0.3 is 0 Å². The Kier molecular flexibility index (Phi) is 5.57. The van der Waals surface area contributed by atoms with Gasteiger partial charge in [-0.15, -0.1) is 0 Å². The van der Waals surface area contributed by atoms with Crippen LogP contribution in [0.5, 0.6) is 0 Å². The van der Waals surface area contributed by atoms with Crippen molar-refractivity contribution in [3.8, 4) is 28.2 Å². The number of benzene rings is 8. The highest BCUT2D eigenvalue weighted by Gasteiger charge is 2.23. The van der Waals surface area contributed by atoms with Gasteiger partial charge in [-0.1, -0.05) is 140 Å². The molecule has 47 heavy (non-hydrogen) atoms. The Balaban J connectivity index is 1.46. The summed E-state index contributed by atoms with van der Waals surface area (Å²) in [6.45, 7) is 0. The van der Waals surface area contributed by atoms with Gasteiger partial charge in [0.05, 0.1) is 22.1 Å². The van der Waals surface area contributed by atoms with Crippen LogP contribution >= 0.6 is 0 Å². The summed E-state index contributed by atoms with van der Waals surface area (Å²) in [5.74, 6) is 0.824. The van der Waals surface area contributed by atoms with Gasteiger partial charge < -0.3 is 0 Å². The molecular weight excluding hydrogens is 571 g/mol. The van der Waals surface area contributed by atoms with Crippen LogP contribution in [0, 0.1) is 0 Å². The molecule has 0 spiro atoms. The maximum Gasteiger partial charge on any atom is 0.165 e. The van der Waals surface area contributed by atoms with Gasteiger partial charge in [0.15, 0.2) is 5.82 Å². The molecule has 0 radical (unpaired) electrons. The van der Waals surface area contributed by atoms with E-state index < -0.39 is 0 Å². The van der Waals surface area contributed by atoms with Gasteiger partial charge in [0.1, 0.15) is 5.69 Å². The van der Waals surface area contributed by atoms with Crippen LogP contribution in [0.1, 0.15) is 0 Å². The molecule has 0 amide bonds. The molecule has 0 aliphatic heterocycles. The molecule has 0 aliphatic rings. The van der Waals surface area contributed by atoms with Crippen LogP contribution in [0.4, 0.5) is 0 Å². The third kappa shape index (κ3) is 3.93. The van der Waals surface area contributed by atoms with E-state index in [-0.39, 0.29) is 0 Å². The Bertz CT molecular complexity index is 2830. The van der Waals surface area contributed by atoms with E-state index in [1.807, 2.05) is 0 Å². The molecule has 0 aliphatic carbocycles.